The molecular weight excluding hydrogens is 460 g/mol. The number of amides is 1. The Labute approximate surface area is 215 Å². The third-order valence-corrected chi connectivity index (χ3v) is 7.55. The third-order valence-electron chi connectivity index (χ3n) is 7.30. The molecule has 190 valence electrons. The summed E-state index contributed by atoms with van der Waals surface area (Å²) in [6.45, 7) is 9.32. The smallest absolute Gasteiger partial charge is 0.410 e. The van der Waals surface area contributed by atoms with E-state index in [4.69, 9.17) is 16.3 Å². The topological polar surface area (TPSA) is 53.0 Å². The van der Waals surface area contributed by atoms with E-state index in [0.717, 1.165) is 61.5 Å². The van der Waals surface area contributed by atoms with Crippen molar-refractivity contribution in [2.45, 2.75) is 70.0 Å². The molecule has 6 heteroatoms. The largest absolute Gasteiger partial charge is 0.444 e. The van der Waals surface area contributed by atoms with Gasteiger partial charge in [-0.2, -0.15) is 0 Å². The predicted octanol–water partition coefficient (Wildman–Crippen LogP) is 6.34. The fourth-order valence-electron chi connectivity index (χ4n) is 5.37. The molecule has 0 bridgehead atoms. The number of rotatable bonds is 5. The molecule has 1 saturated heterocycles. The number of hydrogen-bond acceptors (Lipinski definition) is 4. The van der Waals surface area contributed by atoms with Crippen LogP contribution < -0.4 is 0 Å². The minimum Gasteiger partial charge on any atom is -0.444 e. The summed E-state index contributed by atoms with van der Waals surface area (Å²) >= 11 is 6.10. The first-order chi connectivity index (χ1) is 16.6. The molecule has 1 N–H and O–H groups in total. The third kappa shape index (κ3) is 6.78. The molecule has 2 aliphatic rings. The Hall–Kier alpha value is -2.08. The average molecular weight is 499 g/mol. The molecule has 0 aromatic heterocycles. The van der Waals surface area contributed by atoms with Crippen LogP contribution in [0, 0.1) is 0 Å². The van der Waals surface area contributed by atoms with E-state index in [1.807, 2.05) is 45.0 Å². The Morgan fingerprint density at radius 3 is 2.29 bits per heavy atom. The zero-order valence-corrected chi connectivity index (χ0v) is 22.1. The maximum atomic E-state index is 12.5. The average Bonchev–Trinajstić information content (AvgIpc) is 2.83. The second-order valence-corrected chi connectivity index (χ2v) is 11.6. The monoisotopic (exact) mass is 498 g/mol. The first kappa shape index (κ1) is 26.0. The van der Waals surface area contributed by atoms with Crippen LogP contribution in [0.5, 0.6) is 0 Å². The molecular formula is C29H39ClN2O3. The van der Waals surface area contributed by atoms with Gasteiger partial charge in [-0.15, -0.1) is 0 Å². The van der Waals surface area contributed by atoms with E-state index in [-0.39, 0.29) is 12.0 Å². The number of halogens is 1. The van der Waals surface area contributed by atoms with E-state index >= 15 is 0 Å². The zero-order chi connectivity index (χ0) is 25.1. The lowest BCUT2D eigenvalue weighted by molar-refractivity contribution is -0.0356. The Balaban J connectivity index is 1.51. The molecule has 0 radical (unpaired) electrons. The lowest BCUT2D eigenvalue weighted by Gasteiger charge is -2.43. The summed E-state index contributed by atoms with van der Waals surface area (Å²) in [6, 6.07) is 16.5. The fourth-order valence-corrected chi connectivity index (χ4v) is 5.50. The number of benzene rings is 2. The molecule has 1 heterocycles. The highest BCUT2D eigenvalue weighted by Gasteiger charge is 2.40. The van der Waals surface area contributed by atoms with Crippen LogP contribution in [-0.4, -0.2) is 64.9 Å². The summed E-state index contributed by atoms with van der Waals surface area (Å²) in [5.74, 6) is 0.0168. The molecule has 1 unspecified atom stereocenters. The van der Waals surface area contributed by atoms with Crippen LogP contribution in [0.1, 0.15) is 64.4 Å². The molecule has 1 aliphatic carbocycles. The number of ether oxygens (including phenoxy) is 1. The van der Waals surface area contributed by atoms with Crippen molar-refractivity contribution in [1.82, 2.24) is 9.80 Å². The second-order valence-electron chi connectivity index (χ2n) is 11.1. The Kier molecular flexibility index (Phi) is 8.09. The van der Waals surface area contributed by atoms with Crippen LogP contribution in [-0.2, 0) is 4.74 Å². The standard InChI is InChI=1S/C29H39ClN2O3/c1-28(2,3)35-27(33)32-18-16-31(17-19-32)21-26(29(34)14-5-4-6-15-29)24-9-7-8-23(20-24)22-10-12-25(30)13-11-22/h7-13,20,26,34H,4-6,14-19,21H2,1-3H3. The van der Waals surface area contributed by atoms with Crippen LogP contribution in [0.3, 0.4) is 0 Å². The van der Waals surface area contributed by atoms with Gasteiger partial charge in [0.15, 0.2) is 0 Å². The van der Waals surface area contributed by atoms with Crippen molar-refractivity contribution in [3.05, 3.63) is 59.1 Å². The van der Waals surface area contributed by atoms with Crippen molar-refractivity contribution in [2.24, 2.45) is 0 Å². The number of piperazine rings is 1. The van der Waals surface area contributed by atoms with Crippen molar-refractivity contribution in [2.75, 3.05) is 32.7 Å². The summed E-state index contributed by atoms with van der Waals surface area (Å²) < 4.78 is 5.56. The van der Waals surface area contributed by atoms with E-state index in [1.54, 1.807) is 4.90 Å². The first-order valence-electron chi connectivity index (χ1n) is 12.9. The summed E-state index contributed by atoms with van der Waals surface area (Å²) in [4.78, 5) is 16.7. The molecule has 5 nitrogen and oxygen atoms in total. The van der Waals surface area contributed by atoms with Gasteiger partial charge in [0, 0.05) is 43.7 Å². The van der Waals surface area contributed by atoms with Crippen LogP contribution >= 0.6 is 11.6 Å². The van der Waals surface area contributed by atoms with Crippen molar-refractivity contribution in [3.8, 4) is 11.1 Å². The van der Waals surface area contributed by atoms with E-state index in [1.165, 1.54) is 12.0 Å². The molecule has 35 heavy (non-hydrogen) atoms. The summed E-state index contributed by atoms with van der Waals surface area (Å²) in [7, 11) is 0. The summed E-state index contributed by atoms with van der Waals surface area (Å²) in [5, 5.41) is 12.6. The Morgan fingerprint density at radius 1 is 1.00 bits per heavy atom. The second kappa shape index (κ2) is 10.9. The lowest BCUT2D eigenvalue weighted by atomic mass is 9.72. The zero-order valence-electron chi connectivity index (χ0n) is 21.3. The SMILES string of the molecule is CC(C)(C)OC(=O)N1CCN(CC(c2cccc(-c3ccc(Cl)cc3)c2)C2(O)CCCCC2)CC1. The van der Waals surface area contributed by atoms with Crippen molar-refractivity contribution < 1.29 is 14.6 Å². The number of hydrogen-bond donors (Lipinski definition) is 1. The minimum absolute atomic E-state index is 0.0168. The highest BCUT2D eigenvalue weighted by Crippen LogP contribution is 2.41. The Morgan fingerprint density at radius 2 is 1.66 bits per heavy atom. The maximum Gasteiger partial charge on any atom is 0.410 e. The van der Waals surface area contributed by atoms with E-state index in [9.17, 15) is 9.90 Å². The number of carbonyl (C=O) groups is 1. The van der Waals surface area contributed by atoms with Gasteiger partial charge in [-0.1, -0.05) is 67.3 Å². The molecule has 2 aromatic carbocycles. The molecule has 4 rings (SSSR count). The summed E-state index contributed by atoms with van der Waals surface area (Å²) in [6.07, 6.45) is 4.75. The van der Waals surface area contributed by atoms with Gasteiger partial charge >= 0.3 is 6.09 Å². The number of nitrogens with zero attached hydrogens (tertiary/aromatic N) is 2. The summed E-state index contributed by atoms with van der Waals surface area (Å²) in [5.41, 5.74) is 2.24. The molecule has 1 atom stereocenters. The van der Waals surface area contributed by atoms with E-state index < -0.39 is 11.2 Å². The normalized spacial score (nSPS) is 19.9. The van der Waals surface area contributed by atoms with E-state index in [2.05, 4.69) is 29.2 Å². The minimum atomic E-state index is -0.709. The Bertz CT molecular complexity index is 988. The van der Waals surface area contributed by atoms with Gasteiger partial charge in [0.2, 0.25) is 0 Å². The van der Waals surface area contributed by atoms with E-state index in [0.29, 0.717) is 13.1 Å². The highest BCUT2D eigenvalue weighted by molar-refractivity contribution is 6.30. The van der Waals surface area contributed by atoms with Crippen LogP contribution in [0.15, 0.2) is 48.5 Å². The number of carbonyl (C=O) groups excluding carboxylic acids is 1. The predicted molar refractivity (Wildman–Crippen MR) is 142 cm³/mol. The molecule has 1 aliphatic heterocycles. The van der Waals surface area contributed by atoms with Crippen molar-refractivity contribution >= 4 is 17.7 Å². The van der Waals surface area contributed by atoms with Gasteiger partial charge in [-0.25, -0.2) is 4.79 Å². The highest BCUT2D eigenvalue weighted by atomic mass is 35.5. The number of aliphatic hydroxyl groups is 1. The van der Waals surface area contributed by atoms with Crippen LogP contribution in [0.4, 0.5) is 4.79 Å². The molecule has 1 amide bonds. The lowest BCUT2D eigenvalue weighted by Crippen LogP contribution is -2.52. The first-order valence-corrected chi connectivity index (χ1v) is 13.3. The van der Waals surface area contributed by atoms with Crippen molar-refractivity contribution in [1.29, 1.82) is 0 Å². The van der Waals surface area contributed by atoms with Crippen LogP contribution in [0.2, 0.25) is 5.02 Å². The van der Waals surface area contributed by atoms with Crippen LogP contribution in [0.25, 0.3) is 11.1 Å². The van der Waals surface area contributed by atoms with Gasteiger partial charge in [0.25, 0.3) is 0 Å². The fraction of sp³-hybridized carbons (Fsp3) is 0.552. The van der Waals surface area contributed by atoms with Gasteiger partial charge in [0.1, 0.15) is 5.60 Å². The van der Waals surface area contributed by atoms with Gasteiger partial charge < -0.3 is 14.7 Å². The van der Waals surface area contributed by atoms with Gasteiger partial charge in [-0.3, -0.25) is 4.90 Å². The molecule has 1 saturated carbocycles. The van der Waals surface area contributed by atoms with Gasteiger partial charge in [0.05, 0.1) is 5.60 Å². The molecule has 2 aromatic rings. The maximum absolute atomic E-state index is 12.5. The molecule has 0 spiro atoms. The van der Waals surface area contributed by atoms with Crippen molar-refractivity contribution in [3.63, 3.8) is 0 Å². The molecule has 2 fully saturated rings. The quantitative estimate of drug-likeness (QED) is 0.522. The van der Waals surface area contributed by atoms with Gasteiger partial charge in [-0.05, 0) is 62.4 Å².